The Kier molecular flexibility index (Phi) is 6.29. The highest BCUT2D eigenvalue weighted by Crippen LogP contribution is 2.25. The normalized spacial score (nSPS) is 13.4. The van der Waals surface area contributed by atoms with Crippen LogP contribution in [0.4, 0.5) is 10.5 Å². The number of carboxylic acids is 1. The molecule has 0 aliphatic heterocycles. The van der Waals surface area contributed by atoms with Gasteiger partial charge in [-0.15, -0.1) is 0 Å². The number of urea groups is 1. The van der Waals surface area contributed by atoms with Gasteiger partial charge in [0.25, 0.3) is 0 Å². The van der Waals surface area contributed by atoms with E-state index >= 15 is 0 Å². The Labute approximate surface area is 130 Å². The quantitative estimate of drug-likeness (QED) is 0.746. The van der Waals surface area contributed by atoms with Gasteiger partial charge in [-0.1, -0.05) is 47.8 Å². The van der Waals surface area contributed by atoms with Gasteiger partial charge in [-0.05, 0) is 24.1 Å². The van der Waals surface area contributed by atoms with E-state index in [1.54, 1.807) is 25.1 Å². The van der Waals surface area contributed by atoms with E-state index in [0.717, 1.165) is 4.47 Å². The maximum absolute atomic E-state index is 11.9. The molecule has 0 heterocycles. The van der Waals surface area contributed by atoms with E-state index in [2.05, 4.69) is 26.6 Å². The van der Waals surface area contributed by atoms with E-state index in [1.165, 1.54) is 0 Å². The average molecular weight is 364 g/mol. The van der Waals surface area contributed by atoms with Crippen molar-refractivity contribution in [2.45, 2.75) is 26.3 Å². The van der Waals surface area contributed by atoms with Crippen LogP contribution < -0.4 is 10.6 Å². The second kappa shape index (κ2) is 7.50. The van der Waals surface area contributed by atoms with Crippen LogP contribution in [-0.2, 0) is 4.79 Å². The van der Waals surface area contributed by atoms with Crippen LogP contribution in [0, 0.1) is 5.92 Å². The predicted molar refractivity (Wildman–Crippen MR) is 82.2 cm³/mol. The number of halogens is 2. The molecule has 0 radical (unpaired) electrons. The van der Waals surface area contributed by atoms with E-state index in [-0.39, 0.29) is 5.92 Å². The van der Waals surface area contributed by atoms with E-state index < -0.39 is 18.0 Å². The summed E-state index contributed by atoms with van der Waals surface area (Å²) in [5.41, 5.74) is 0.409. The minimum Gasteiger partial charge on any atom is -0.480 e. The maximum atomic E-state index is 11.9. The number of hydrogen-bond acceptors (Lipinski definition) is 2. The molecule has 0 aromatic heterocycles. The zero-order valence-electron chi connectivity index (χ0n) is 11.1. The first-order chi connectivity index (χ1) is 9.35. The van der Waals surface area contributed by atoms with Gasteiger partial charge in [-0.3, -0.25) is 0 Å². The Morgan fingerprint density at radius 3 is 2.65 bits per heavy atom. The molecule has 110 valence electrons. The highest BCUT2D eigenvalue weighted by Gasteiger charge is 2.25. The van der Waals surface area contributed by atoms with Crippen molar-refractivity contribution >= 4 is 45.2 Å². The summed E-state index contributed by atoms with van der Waals surface area (Å²) in [6.07, 6.45) is 0.648. The summed E-state index contributed by atoms with van der Waals surface area (Å²) >= 11 is 9.22. The number of benzene rings is 1. The number of amides is 2. The minimum atomic E-state index is -1.06. The molecule has 20 heavy (non-hydrogen) atoms. The molecule has 2 atom stereocenters. The van der Waals surface area contributed by atoms with Crippen molar-refractivity contribution in [3.63, 3.8) is 0 Å². The first kappa shape index (κ1) is 16.8. The van der Waals surface area contributed by atoms with E-state index in [1.807, 2.05) is 6.92 Å². The molecule has 0 saturated heterocycles. The van der Waals surface area contributed by atoms with Gasteiger partial charge in [0, 0.05) is 4.47 Å². The molecule has 0 unspecified atom stereocenters. The Morgan fingerprint density at radius 2 is 2.10 bits per heavy atom. The number of carboxylic acid groups (broad SMARTS) is 1. The lowest BCUT2D eigenvalue weighted by molar-refractivity contribution is -0.140. The lowest BCUT2D eigenvalue weighted by atomic mass is 9.99. The summed E-state index contributed by atoms with van der Waals surface area (Å²) < 4.78 is 0.758. The fraction of sp³-hybridized carbons (Fsp3) is 0.385. The average Bonchev–Trinajstić information content (AvgIpc) is 2.39. The molecule has 0 saturated carbocycles. The van der Waals surface area contributed by atoms with Gasteiger partial charge in [0.15, 0.2) is 0 Å². The molecule has 3 N–H and O–H groups in total. The van der Waals surface area contributed by atoms with Gasteiger partial charge < -0.3 is 15.7 Å². The fourth-order valence-corrected chi connectivity index (χ4v) is 2.10. The SMILES string of the molecule is CC[C@H](C)[C@H](NC(=O)Nc1cc(Br)ccc1Cl)C(=O)O. The van der Waals surface area contributed by atoms with Gasteiger partial charge >= 0.3 is 12.0 Å². The molecular formula is C13H16BrClN2O3. The number of aliphatic carboxylic acids is 1. The molecule has 0 aliphatic carbocycles. The van der Waals surface area contributed by atoms with Crippen LogP contribution in [0.15, 0.2) is 22.7 Å². The van der Waals surface area contributed by atoms with Crippen LogP contribution in [0.5, 0.6) is 0 Å². The molecule has 2 amide bonds. The number of hydrogen-bond donors (Lipinski definition) is 3. The zero-order chi connectivity index (χ0) is 15.3. The van der Waals surface area contributed by atoms with Crippen LogP contribution >= 0.6 is 27.5 Å². The molecule has 0 aliphatic rings. The lowest BCUT2D eigenvalue weighted by Gasteiger charge is -2.20. The Bertz CT molecular complexity index is 510. The summed E-state index contributed by atoms with van der Waals surface area (Å²) in [6, 6.07) is 3.47. The van der Waals surface area contributed by atoms with Crippen molar-refractivity contribution in [1.29, 1.82) is 0 Å². The van der Waals surface area contributed by atoms with Gasteiger partial charge in [0.05, 0.1) is 10.7 Å². The minimum absolute atomic E-state index is 0.170. The Hall–Kier alpha value is -1.27. The topological polar surface area (TPSA) is 78.4 Å². The second-order valence-corrected chi connectivity index (χ2v) is 5.75. The standard InChI is InChI=1S/C13H16BrClN2O3/c1-3-7(2)11(12(18)19)17-13(20)16-10-6-8(14)4-5-9(10)15/h4-7,11H,3H2,1-2H3,(H,18,19)(H2,16,17,20)/t7-,11-/m0/s1. The largest absolute Gasteiger partial charge is 0.480 e. The van der Waals surface area contributed by atoms with Crippen LogP contribution in [0.1, 0.15) is 20.3 Å². The maximum Gasteiger partial charge on any atom is 0.326 e. The summed E-state index contributed by atoms with van der Waals surface area (Å²) in [5.74, 6) is -1.23. The fourth-order valence-electron chi connectivity index (χ4n) is 1.58. The van der Waals surface area contributed by atoms with Crippen LogP contribution in [-0.4, -0.2) is 23.1 Å². The molecule has 1 rings (SSSR count). The number of rotatable bonds is 5. The number of carbonyl (C=O) groups is 2. The lowest BCUT2D eigenvalue weighted by Crippen LogP contribution is -2.46. The molecule has 1 aromatic carbocycles. The molecule has 7 heteroatoms. The van der Waals surface area contributed by atoms with Crippen molar-refractivity contribution < 1.29 is 14.7 Å². The van der Waals surface area contributed by atoms with Crippen LogP contribution in [0.3, 0.4) is 0 Å². The third-order valence-corrected chi connectivity index (χ3v) is 3.77. The van der Waals surface area contributed by atoms with Crippen molar-refractivity contribution in [3.8, 4) is 0 Å². The monoisotopic (exact) mass is 362 g/mol. The van der Waals surface area contributed by atoms with Crippen molar-refractivity contribution in [2.24, 2.45) is 5.92 Å². The number of nitrogens with one attached hydrogen (secondary N) is 2. The molecule has 0 fully saturated rings. The predicted octanol–water partition coefficient (Wildman–Crippen LogP) is 3.72. The zero-order valence-corrected chi connectivity index (χ0v) is 13.5. The Morgan fingerprint density at radius 1 is 1.45 bits per heavy atom. The molecule has 5 nitrogen and oxygen atoms in total. The van der Waals surface area contributed by atoms with Crippen LogP contribution in [0.2, 0.25) is 5.02 Å². The van der Waals surface area contributed by atoms with E-state index in [9.17, 15) is 9.59 Å². The number of carbonyl (C=O) groups excluding carboxylic acids is 1. The van der Waals surface area contributed by atoms with Crippen LogP contribution in [0.25, 0.3) is 0 Å². The highest BCUT2D eigenvalue weighted by atomic mass is 79.9. The smallest absolute Gasteiger partial charge is 0.326 e. The second-order valence-electron chi connectivity index (χ2n) is 4.42. The summed E-state index contributed by atoms with van der Waals surface area (Å²) in [7, 11) is 0. The molecule has 1 aromatic rings. The van der Waals surface area contributed by atoms with Gasteiger partial charge in [-0.2, -0.15) is 0 Å². The molecular weight excluding hydrogens is 348 g/mol. The van der Waals surface area contributed by atoms with Gasteiger partial charge in [0.1, 0.15) is 6.04 Å². The molecule has 0 bridgehead atoms. The highest BCUT2D eigenvalue weighted by molar-refractivity contribution is 9.10. The van der Waals surface area contributed by atoms with Crippen molar-refractivity contribution in [3.05, 3.63) is 27.7 Å². The third kappa shape index (κ3) is 4.68. The molecule has 0 spiro atoms. The van der Waals surface area contributed by atoms with Gasteiger partial charge in [0.2, 0.25) is 0 Å². The summed E-state index contributed by atoms with van der Waals surface area (Å²) in [4.78, 5) is 23.0. The van der Waals surface area contributed by atoms with Gasteiger partial charge in [-0.25, -0.2) is 9.59 Å². The number of anilines is 1. The first-order valence-electron chi connectivity index (χ1n) is 6.10. The first-order valence-corrected chi connectivity index (χ1v) is 7.27. The summed E-state index contributed by atoms with van der Waals surface area (Å²) in [5, 5.41) is 14.5. The van der Waals surface area contributed by atoms with Crippen molar-refractivity contribution in [1.82, 2.24) is 5.32 Å². The van der Waals surface area contributed by atoms with Crippen molar-refractivity contribution in [2.75, 3.05) is 5.32 Å². The Balaban J connectivity index is 2.75. The van der Waals surface area contributed by atoms with E-state index in [0.29, 0.717) is 17.1 Å². The third-order valence-electron chi connectivity index (χ3n) is 2.94. The van der Waals surface area contributed by atoms with E-state index in [4.69, 9.17) is 16.7 Å². The summed E-state index contributed by atoms with van der Waals surface area (Å²) in [6.45, 7) is 3.64.